The highest BCUT2D eigenvalue weighted by molar-refractivity contribution is 5.37. The smallest absolute Gasteiger partial charge is 0.404 e. The van der Waals surface area contributed by atoms with E-state index in [0.717, 1.165) is 6.20 Å². The molecule has 7 heteroatoms. The molecule has 0 saturated carbocycles. The van der Waals surface area contributed by atoms with Crippen LogP contribution in [0, 0.1) is 5.92 Å². The van der Waals surface area contributed by atoms with Crippen molar-refractivity contribution in [3.8, 4) is 5.75 Å². The summed E-state index contributed by atoms with van der Waals surface area (Å²) >= 11 is 0. The summed E-state index contributed by atoms with van der Waals surface area (Å²) in [4.78, 5) is 3.82. The Balaban J connectivity index is 2.45. The van der Waals surface area contributed by atoms with Gasteiger partial charge in [0.25, 0.3) is 0 Å². The molecule has 0 aliphatic heterocycles. The fourth-order valence-electron chi connectivity index (χ4n) is 1.30. The lowest BCUT2D eigenvalue weighted by Gasteiger charge is -2.12. The van der Waals surface area contributed by atoms with Gasteiger partial charge in [-0.25, -0.2) is 4.98 Å². The van der Waals surface area contributed by atoms with Crippen LogP contribution in [0.3, 0.4) is 0 Å². The average molecular weight is 264 g/mol. The Bertz CT molecular complexity index is 354. The molecule has 0 amide bonds. The third kappa shape index (κ3) is 5.72. The van der Waals surface area contributed by atoms with Gasteiger partial charge in [-0.1, -0.05) is 6.92 Å². The Hall–Kier alpha value is -1.50. The number of pyridine rings is 1. The van der Waals surface area contributed by atoms with Crippen molar-refractivity contribution in [2.24, 2.45) is 5.92 Å². The third-order valence-electron chi connectivity index (χ3n) is 2.05. The molecule has 1 atom stereocenters. The molecule has 0 aromatic carbocycles. The summed E-state index contributed by atoms with van der Waals surface area (Å²) in [5.41, 5.74) is 0. The SMILES string of the molecule is COCC(C)CNc1ccc(OC(F)(F)F)cn1. The van der Waals surface area contributed by atoms with Gasteiger partial charge in [-0.2, -0.15) is 0 Å². The summed E-state index contributed by atoms with van der Waals surface area (Å²) in [6.07, 6.45) is -3.67. The quantitative estimate of drug-likeness (QED) is 0.857. The van der Waals surface area contributed by atoms with Crippen molar-refractivity contribution in [3.05, 3.63) is 18.3 Å². The van der Waals surface area contributed by atoms with Crippen molar-refractivity contribution in [1.29, 1.82) is 0 Å². The lowest BCUT2D eigenvalue weighted by Crippen LogP contribution is -2.18. The minimum Gasteiger partial charge on any atom is -0.404 e. The number of methoxy groups -OCH3 is 1. The average Bonchev–Trinajstić information content (AvgIpc) is 2.26. The monoisotopic (exact) mass is 264 g/mol. The number of alkyl halides is 3. The third-order valence-corrected chi connectivity index (χ3v) is 2.05. The molecule has 0 radical (unpaired) electrons. The molecule has 1 N–H and O–H groups in total. The molecule has 102 valence electrons. The normalized spacial score (nSPS) is 13.2. The molecule has 1 heterocycles. The standard InChI is InChI=1S/C11H15F3N2O2/c1-8(7-17-2)5-15-10-4-3-9(6-16-10)18-11(12,13)14/h3-4,6,8H,5,7H2,1-2H3,(H,15,16). The van der Waals surface area contributed by atoms with Gasteiger partial charge >= 0.3 is 6.36 Å². The van der Waals surface area contributed by atoms with Crippen molar-refractivity contribution in [2.45, 2.75) is 13.3 Å². The highest BCUT2D eigenvalue weighted by Gasteiger charge is 2.31. The highest BCUT2D eigenvalue weighted by atomic mass is 19.4. The second-order valence-electron chi connectivity index (χ2n) is 3.87. The number of halogens is 3. The lowest BCUT2D eigenvalue weighted by atomic mass is 10.2. The van der Waals surface area contributed by atoms with Gasteiger partial charge in [-0.05, 0) is 18.1 Å². The van der Waals surface area contributed by atoms with Crippen LogP contribution >= 0.6 is 0 Å². The lowest BCUT2D eigenvalue weighted by molar-refractivity contribution is -0.274. The Morgan fingerprint density at radius 1 is 1.39 bits per heavy atom. The number of nitrogens with one attached hydrogen (secondary N) is 1. The molecule has 0 aliphatic carbocycles. The highest BCUT2D eigenvalue weighted by Crippen LogP contribution is 2.22. The van der Waals surface area contributed by atoms with E-state index >= 15 is 0 Å². The number of nitrogens with zero attached hydrogens (tertiary/aromatic N) is 1. The molecule has 1 rings (SSSR count). The maximum Gasteiger partial charge on any atom is 0.573 e. The van der Waals surface area contributed by atoms with Crippen LogP contribution in [-0.2, 0) is 4.74 Å². The number of aromatic nitrogens is 1. The predicted octanol–water partition coefficient (Wildman–Crippen LogP) is 2.67. The molecular weight excluding hydrogens is 249 g/mol. The molecular formula is C11H15F3N2O2. The minimum absolute atomic E-state index is 0.280. The summed E-state index contributed by atoms with van der Waals surface area (Å²) in [5.74, 6) is 0.438. The van der Waals surface area contributed by atoms with Crippen molar-refractivity contribution < 1.29 is 22.6 Å². The van der Waals surface area contributed by atoms with Crippen LogP contribution < -0.4 is 10.1 Å². The number of hydrogen-bond acceptors (Lipinski definition) is 4. The van der Waals surface area contributed by atoms with Crippen molar-refractivity contribution in [3.63, 3.8) is 0 Å². The molecule has 0 spiro atoms. The van der Waals surface area contributed by atoms with Gasteiger partial charge in [0.1, 0.15) is 11.6 Å². The van der Waals surface area contributed by atoms with E-state index in [1.54, 1.807) is 7.11 Å². The first kappa shape index (κ1) is 14.6. The first-order chi connectivity index (χ1) is 8.40. The van der Waals surface area contributed by atoms with Crippen LogP contribution in [0.2, 0.25) is 0 Å². The minimum atomic E-state index is -4.69. The van der Waals surface area contributed by atoms with Crippen LogP contribution in [0.1, 0.15) is 6.92 Å². The molecule has 0 aliphatic rings. The summed E-state index contributed by atoms with van der Waals surface area (Å²) in [6, 6.07) is 2.64. The number of hydrogen-bond donors (Lipinski definition) is 1. The number of rotatable bonds is 6. The first-order valence-corrected chi connectivity index (χ1v) is 5.35. The van der Waals surface area contributed by atoms with Gasteiger partial charge in [0.15, 0.2) is 0 Å². The largest absolute Gasteiger partial charge is 0.573 e. The van der Waals surface area contributed by atoms with Crippen LogP contribution in [0.5, 0.6) is 5.75 Å². The summed E-state index contributed by atoms with van der Waals surface area (Å²) in [6.45, 7) is 3.21. The van der Waals surface area contributed by atoms with Crippen LogP contribution in [0.4, 0.5) is 19.0 Å². The van der Waals surface area contributed by atoms with Gasteiger partial charge in [0.05, 0.1) is 12.8 Å². The maximum atomic E-state index is 11.9. The van der Waals surface area contributed by atoms with Gasteiger partial charge in [0, 0.05) is 13.7 Å². The Labute approximate surface area is 103 Å². The van der Waals surface area contributed by atoms with E-state index in [1.807, 2.05) is 6.92 Å². The molecule has 0 fully saturated rings. The molecule has 1 aromatic rings. The van der Waals surface area contributed by atoms with Gasteiger partial charge in [-0.3, -0.25) is 0 Å². The fourth-order valence-corrected chi connectivity index (χ4v) is 1.30. The van der Waals surface area contributed by atoms with E-state index < -0.39 is 6.36 Å². The summed E-state index contributed by atoms with van der Waals surface area (Å²) in [7, 11) is 1.61. The van der Waals surface area contributed by atoms with E-state index in [4.69, 9.17) is 4.74 Å². The van der Waals surface area contributed by atoms with E-state index in [1.165, 1.54) is 12.1 Å². The second-order valence-corrected chi connectivity index (χ2v) is 3.87. The first-order valence-electron chi connectivity index (χ1n) is 5.35. The maximum absolute atomic E-state index is 11.9. The van der Waals surface area contributed by atoms with Crippen LogP contribution in [0.15, 0.2) is 18.3 Å². The topological polar surface area (TPSA) is 43.4 Å². The van der Waals surface area contributed by atoms with E-state index in [-0.39, 0.29) is 11.7 Å². The van der Waals surface area contributed by atoms with Crippen molar-refractivity contribution in [2.75, 3.05) is 25.6 Å². The molecule has 1 unspecified atom stereocenters. The summed E-state index contributed by atoms with van der Waals surface area (Å²) < 4.78 is 44.4. The zero-order valence-corrected chi connectivity index (χ0v) is 10.1. The second kappa shape index (κ2) is 6.44. The van der Waals surface area contributed by atoms with Gasteiger partial charge < -0.3 is 14.8 Å². The van der Waals surface area contributed by atoms with E-state index in [9.17, 15) is 13.2 Å². The fraction of sp³-hybridized carbons (Fsp3) is 0.545. The number of anilines is 1. The summed E-state index contributed by atoms with van der Waals surface area (Å²) in [5, 5.41) is 2.99. The zero-order valence-electron chi connectivity index (χ0n) is 10.1. The van der Waals surface area contributed by atoms with Gasteiger partial charge in [0.2, 0.25) is 0 Å². The van der Waals surface area contributed by atoms with Crippen molar-refractivity contribution in [1.82, 2.24) is 4.98 Å². The van der Waals surface area contributed by atoms with Gasteiger partial charge in [-0.15, -0.1) is 13.2 Å². The molecule has 4 nitrogen and oxygen atoms in total. The Morgan fingerprint density at radius 3 is 2.61 bits per heavy atom. The predicted molar refractivity (Wildman–Crippen MR) is 60.4 cm³/mol. The van der Waals surface area contributed by atoms with Crippen LogP contribution in [-0.4, -0.2) is 31.6 Å². The number of ether oxygens (including phenoxy) is 2. The molecule has 18 heavy (non-hydrogen) atoms. The Kier molecular flexibility index (Phi) is 5.21. The Morgan fingerprint density at radius 2 is 2.11 bits per heavy atom. The van der Waals surface area contributed by atoms with Crippen LogP contribution in [0.25, 0.3) is 0 Å². The molecule has 0 saturated heterocycles. The van der Waals surface area contributed by atoms with E-state index in [2.05, 4.69) is 15.0 Å². The van der Waals surface area contributed by atoms with Crippen molar-refractivity contribution >= 4 is 5.82 Å². The molecule has 0 bridgehead atoms. The van der Waals surface area contributed by atoms with E-state index in [0.29, 0.717) is 19.0 Å². The molecule has 1 aromatic heterocycles. The zero-order chi connectivity index (χ0) is 13.6.